The molecule has 1 amide bonds. The van der Waals surface area contributed by atoms with Gasteiger partial charge in [0.1, 0.15) is 10.6 Å². The summed E-state index contributed by atoms with van der Waals surface area (Å²) < 4.78 is 34.6. The molecule has 3 N–H and O–H groups in total. The number of oxazole rings is 1. The average Bonchev–Trinajstić information content (AvgIpc) is 3.29. The number of benzene rings is 3. The summed E-state index contributed by atoms with van der Waals surface area (Å²) in [5.74, 6) is 0.475. The van der Waals surface area contributed by atoms with Gasteiger partial charge in [-0.05, 0) is 30.3 Å². The van der Waals surface area contributed by atoms with E-state index in [2.05, 4.69) is 10.3 Å². The molecule has 1 aromatic heterocycles. The smallest absolute Gasteiger partial charge is 0.256 e. The first-order chi connectivity index (χ1) is 15.4. The Labute approximate surface area is 184 Å². The Morgan fingerprint density at radius 1 is 1.03 bits per heavy atom. The highest BCUT2D eigenvalue weighted by Gasteiger charge is 2.19. The molecule has 4 rings (SSSR count). The zero-order valence-electron chi connectivity index (χ0n) is 17.0. The molecule has 0 aliphatic heterocycles. The standard InChI is InChI=1S/C23H19N3O5S/c1-30-19-12-11-16(13-21(19)32(24,28)29)26-22(27)17-9-5-6-10-18(17)23-25-14-20(31-23)15-7-3-2-4-8-15/h2-14H,1H3,(H,26,27)(H2,24,28,29). The van der Waals surface area contributed by atoms with Crippen molar-refractivity contribution < 1.29 is 22.4 Å². The summed E-state index contributed by atoms with van der Waals surface area (Å²) in [5.41, 5.74) is 1.91. The summed E-state index contributed by atoms with van der Waals surface area (Å²) in [5, 5.41) is 7.94. The van der Waals surface area contributed by atoms with Crippen LogP contribution < -0.4 is 15.2 Å². The van der Waals surface area contributed by atoms with Gasteiger partial charge in [-0.15, -0.1) is 0 Å². The molecule has 0 aliphatic rings. The van der Waals surface area contributed by atoms with Crippen LogP contribution in [0.3, 0.4) is 0 Å². The van der Waals surface area contributed by atoms with E-state index in [1.165, 1.54) is 25.3 Å². The van der Waals surface area contributed by atoms with Gasteiger partial charge in [0.2, 0.25) is 15.9 Å². The number of methoxy groups -OCH3 is 1. The minimum Gasteiger partial charge on any atom is -0.495 e. The van der Waals surface area contributed by atoms with E-state index >= 15 is 0 Å². The summed E-state index contributed by atoms with van der Waals surface area (Å²) in [7, 11) is -2.71. The molecule has 8 nitrogen and oxygen atoms in total. The number of sulfonamides is 1. The molecule has 0 fully saturated rings. The molecule has 0 bridgehead atoms. The van der Waals surface area contributed by atoms with Gasteiger partial charge in [-0.25, -0.2) is 18.5 Å². The maximum absolute atomic E-state index is 13.0. The van der Waals surface area contributed by atoms with Crippen LogP contribution in [0.1, 0.15) is 10.4 Å². The summed E-state index contributed by atoms with van der Waals surface area (Å²) >= 11 is 0. The number of aromatic nitrogens is 1. The second-order valence-electron chi connectivity index (χ2n) is 6.81. The van der Waals surface area contributed by atoms with Gasteiger partial charge in [0, 0.05) is 16.8 Å². The van der Waals surface area contributed by atoms with Crippen molar-refractivity contribution in [3.63, 3.8) is 0 Å². The number of primary sulfonamides is 1. The fraction of sp³-hybridized carbons (Fsp3) is 0.0435. The number of ether oxygens (including phenoxy) is 1. The number of nitrogens with two attached hydrogens (primary N) is 1. The van der Waals surface area contributed by atoms with E-state index in [4.69, 9.17) is 14.3 Å². The molecule has 1 heterocycles. The Balaban J connectivity index is 1.65. The molecule has 0 saturated heterocycles. The quantitative estimate of drug-likeness (QED) is 0.460. The highest BCUT2D eigenvalue weighted by atomic mass is 32.2. The van der Waals surface area contributed by atoms with E-state index in [0.29, 0.717) is 16.9 Å². The lowest BCUT2D eigenvalue weighted by Gasteiger charge is -2.11. The number of rotatable bonds is 6. The summed E-state index contributed by atoms with van der Waals surface area (Å²) in [6.07, 6.45) is 1.60. The molecular weight excluding hydrogens is 430 g/mol. The third-order valence-corrected chi connectivity index (χ3v) is 5.63. The van der Waals surface area contributed by atoms with Crippen molar-refractivity contribution in [1.82, 2.24) is 4.98 Å². The first-order valence-electron chi connectivity index (χ1n) is 9.49. The average molecular weight is 449 g/mol. The zero-order valence-corrected chi connectivity index (χ0v) is 17.8. The number of amides is 1. The van der Waals surface area contributed by atoms with Crippen LogP contribution in [0.2, 0.25) is 0 Å². The number of anilines is 1. The van der Waals surface area contributed by atoms with Gasteiger partial charge in [-0.3, -0.25) is 4.79 Å². The van der Waals surface area contributed by atoms with Crippen LogP contribution in [0.25, 0.3) is 22.8 Å². The maximum Gasteiger partial charge on any atom is 0.256 e. The molecular formula is C23H19N3O5S. The monoisotopic (exact) mass is 449 g/mol. The minimum absolute atomic E-state index is 0.0825. The Kier molecular flexibility index (Phi) is 5.76. The van der Waals surface area contributed by atoms with Crippen LogP contribution in [-0.2, 0) is 10.0 Å². The van der Waals surface area contributed by atoms with Crippen LogP contribution in [-0.4, -0.2) is 26.4 Å². The number of carbonyl (C=O) groups excluding carboxylic acids is 1. The Hall–Kier alpha value is -3.95. The van der Waals surface area contributed by atoms with Crippen molar-refractivity contribution in [3.05, 3.63) is 84.6 Å². The van der Waals surface area contributed by atoms with Gasteiger partial charge in [-0.2, -0.15) is 0 Å². The number of nitrogens with one attached hydrogen (secondary N) is 1. The normalized spacial score (nSPS) is 11.2. The van der Waals surface area contributed by atoms with Gasteiger partial charge in [0.05, 0.1) is 18.9 Å². The Morgan fingerprint density at radius 2 is 1.75 bits per heavy atom. The van der Waals surface area contributed by atoms with Gasteiger partial charge < -0.3 is 14.5 Å². The minimum atomic E-state index is -4.04. The summed E-state index contributed by atoms with van der Waals surface area (Å²) in [4.78, 5) is 17.1. The molecule has 0 aliphatic carbocycles. The maximum atomic E-state index is 13.0. The topological polar surface area (TPSA) is 125 Å². The van der Waals surface area contributed by atoms with E-state index in [1.807, 2.05) is 30.3 Å². The van der Waals surface area contributed by atoms with Crippen molar-refractivity contribution in [2.75, 3.05) is 12.4 Å². The van der Waals surface area contributed by atoms with Gasteiger partial charge in [0.25, 0.3) is 5.91 Å². The summed E-state index contributed by atoms with van der Waals surface area (Å²) in [6.45, 7) is 0. The highest BCUT2D eigenvalue weighted by Crippen LogP contribution is 2.30. The summed E-state index contributed by atoms with van der Waals surface area (Å²) in [6, 6.07) is 20.5. The molecule has 9 heteroatoms. The number of hydrogen-bond acceptors (Lipinski definition) is 6. The highest BCUT2D eigenvalue weighted by molar-refractivity contribution is 7.89. The second-order valence-corrected chi connectivity index (χ2v) is 8.34. The van der Waals surface area contributed by atoms with E-state index in [9.17, 15) is 13.2 Å². The third kappa shape index (κ3) is 4.39. The lowest BCUT2D eigenvalue weighted by atomic mass is 10.1. The van der Waals surface area contributed by atoms with Crippen molar-refractivity contribution in [2.24, 2.45) is 5.14 Å². The largest absolute Gasteiger partial charge is 0.495 e. The number of nitrogens with zero attached hydrogens (tertiary/aromatic N) is 1. The van der Waals surface area contributed by atoms with Crippen LogP contribution in [0.15, 0.2) is 88.3 Å². The van der Waals surface area contributed by atoms with Crippen LogP contribution in [0.5, 0.6) is 5.75 Å². The lowest BCUT2D eigenvalue weighted by Crippen LogP contribution is -2.16. The molecule has 0 spiro atoms. The zero-order chi connectivity index (χ0) is 22.7. The predicted molar refractivity (Wildman–Crippen MR) is 120 cm³/mol. The molecule has 0 radical (unpaired) electrons. The van der Waals surface area contributed by atoms with Gasteiger partial charge in [0.15, 0.2) is 5.76 Å². The van der Waals surface area contributed by atoms with Crippen LogP contribution in [0.4, 0.5) is 5.69 Å². The SMILES string of the molecule is COc1ccc(NC(=O)c2ccccc2-c2ncc(-c3ccccc3)o2)cc1S(N)(=O)=O. The predicted octanol–water partition coefficient (Wildman–Crippen LogP) is 3.92. The fourth-order valence-electron chi connectivity index (χ4n) is 3.18. The van der Waals surface area contributed by atoms with Crippen molar-refractivity contribution >= 4 is 21.6 Å². The van der Waals surface area contributed by atoms with Crippen LogP contribution >= 0.6 is 0 Å². The van der Waals surface area contributed by atoms with Crippen molar-refractivity contribution in [3.8, 4) is 28.5 Å². The fourth-order valence-corrected chi connectivity index (χ4v) is 3.90. The molecule has 0 unspecified atom stereocenters. The van der Waals surface area contributed by atoms with Gasteiger partial charge in [-0.1, -0.05) is 42.5 Å². The van der Waals surface area contributed by atoms with E-state index in [-0.39, 0.29) is 22.2 Å². The molecule has 3 aromatic carbocycles. The second kappa shape index (κ2) is 8.66. The molecule has 4 aromatic rings. The van der Waals surface area contributed by atoms with Crippen LogP contribution in [0, 0.1) is 0 Å². The Bertz CT molecular complexity index is 1380. The van der Waals surface area contributed by atoms with E-state index in [1.54, 1.807) is 30.5 Å². The Morgan fingerprint density at radius 3 is 2.47 bits per heavy atom. The molecule has 0 atom stereocenters. The van der Waals surface area contributed by atoms with Crippen molar-refractivity contribution in [2.45, 2.75) is 4.90 Å². The lowest BCUT2D eigenvalue weighted by molar-refractivity contribution is 0.102. The van der Waals surface area contributed by atoms with E-state index < -0.39 is 15.9 Å². The first-order valence-corrected chi connectivity index (χ1v) is 11.0. The van der Waals surface area contributed by atoms with Gasteiger partial charge >= 0.3 is 0 Å². The molecule has 32 heavy (non-hydrogen) atoms. The number of carbonyl (C=O) groups is 1. The molecule has 0 saturated carbocycles. The van der Waals surface area contributed by atoms with E-state index in [0.717, 1.165) is 5.56 Å². The number of hydrogen-bond donors (Lipinski definition) is 2. The van der Waals surface area contributed by atoms with Crippen molar-refractivity contribution in [1.29, 1.82) is 0 Å². The molecule has 162 valence electrons. The third-order valence-electron chi connectivity index (χ3n) is 4.69. The first kappa shape index (κ1) is 21.3.